The van der Waals surface area contributed by atoms with Crippen LogP contribution in [0.15, 0.2) is 58.2 Å². The standard InChI is InChI=1S/C24H27N3O5S2/c1-3-12-27-20-10-9-19(17-22(20)33-24(27)29)34(30,31)26-15-13-25(14-16-26)23(28)11-8-18-6-4-5-7-21(18)32-2/h4-11,17H,3,12-16H2,1-2H3. The molecule has 8 nitrogen and oxygen atoms in total. The van der Waals surface area contributed by atoms with Crippen molar-refractivity contribution in [2.75, 3.05) is 33.3 Å². The van der Waals surface area contributed by atoms with Crippen LogP contribution in [-0.2, 0) is 21.4 Å². The van der Waals surface area contributed by atoms with Gasteiger partial charge in [-0.1, -0.05) is 36.5 Å². The van der Waals surface area contributed by atoms with Crippen molar-refractivity contribution >= 4 is 43.6 Å². The number of sulfonamides is 1. The number of aryl methyl sites for hydroxylation is 1. The van der Waals surface area contributed by atoms with Gasteiger partial charge in [0, 0.05) is 44.4 Å². The van der Waals surface area contributed by atoms with Crippen LogP contribution in [0, 0.1) is 0 Å². The molecule has 1 amide bonds. The Labute approximate surface area is 202 Å². The zero-order chi connectivity index (χ0) is 24.3. The Bertz CT molecular complexity index is 1380. The van der Waals surface area contributed by atoms with Gasteiger partial charge >= 0.3 is 4.87 Å². The number of para-hydroxylation sites is 1. The second kappa shape index (κ2) is 10.1. The Morgan fingerprint density at radius 2 is 1.85 bits per heavy atom. The number of carbonyl (C=O) groups excluding carboxylic acids is 1. The van der Waals surface area contributed by atoms with E-state index in [1.165, 1.54) is 10.4 Å². The molecule has 0 atom stereocenters. The predicted octanol–water partition coefficient (Wildman–Crippen LogP) is 3.03. The van der Waals surface area contributed by atoms with Crippen molar-refractivity contribution in [3.05, 3.63) is 63.8 Å². The highest BCUT2D eigenvalue weighted by Gasteiger charge is 2.30. The first kappa shape index (κ1) is 24.2. The lowest BCUT2D eigenvalue weighted by Gasteiger charge is -2.33. The number of methoxy groups -OCH3 is 1. The van der Waals surface area contributed by atoms with E-state index in [0.717, 1.165) is 28.8 Å². The van der Waals surface area contributed by atoms with Crippen molar-refractivity contribution in [1.29, 1.82) is 0 Å². The van der Waals surface area contributed by atoms with Crippen LogP contribution in [0.1, 0.15) is 18.9 Å². The average Bonchev–Trinajstić information content (AvgIpc) is 3.17. The van der Waals surface area contributed by atoms with Gasteiger partial charge in [0.2, 0.25) is 15.9 Å². The number of nitrogens with zero attached hydrogens (tertiary/aromatic N) is 3. The highest BCUT2D eigenvalue weighted by molar-refractivity contribution is 7.89. The summed E-state index contributed by atoms with van der Waals surface area (Å²) in [5.41, 5.74) is 1.55. The van der Waals surface area contributed by atoms with E-state index in [1.54, 1.807) is 40.9 Å². The van der Waals surface area contributed by atoms with Crippen LogP contribution in [0.4, 0.5) is 0 Å². The minimum atomic E-state index is -3.73. The average molecular weight is 502 g/mol. The molecule has 0 bridgehead atoms. The summed E-state index contributed by atoms with van der Waals surface area (Å²) in [6.45, 7) is 3.62. The number of aromatic nitrogens is 1. The minimum Gasteiger partial charge on any atom is -0.496 e. The van der Waals surface area contributed by atoms with Gasteiger partial charge in [0.15, 0.2) is 0 Å². The van der Waals surface area contributed by atoms with Crippen LogP contribution in [0.3, 0.4) is 0 Å². The normalized spacial score (nSPS) is 15.3. The zero-order valence-electron chi connectivity index (χ0n) is 19.1. The van der Waals surface area contributed by atoms with E-state index < -0.39 is 10.0 Å². The van der Waals surface area contributed by atoms with E-state index in [-0.39, 0.29) is 28.8 Å². The molecule has 0 unspecified atom stereocenters. The molecule has 0 saturated carbocycles. The molecule has 3 aromatic rings. The summed E-state index contributed by atoms with van der Waals surface area (Å²) in [4.78, 5) is 26.6. The van der Waals surface area contributed by atoms with Gasteiger partial charge in [-0.15, -0.1) is 0 Å². The van der Waals surface area contributed by atoms with Gasteiger partial charge in [-0.25, -0.2) is 8.42 Å². The second-order valence-corrected chi connectivity index (χ2v) is 10.9. The molecule has 2 aromatic carbocycles. The number of ether oxygens (including phenoxy) is 1. The van der Waals surface area contributed by atoms with Gasteiger partial charge in [-0.2, -0.15) is 4.31 Å². The molecular formula is C24H27N3O5S2. The van der Waals surface area contributed by atoms with Crippen LogP contribution in [-0.4, -0.2) is 61.4 Å². The SMILES string of the molecule is CCCn1c(=O)sc2cc(S(=O)(=O)N3CCN(C(=O)C=Cc4ccccc4OC)CC3)ccc21. The molecule has 10 heteroatoms. The summed E-state index contributed by atoms with van der Waals surface area (Å²) in [6.07, 6.45) is 4.01. The quantitative estimate of drug-likeness (QED) is 0.465. The molecule has 1 aliphatic heterocycles. The van der Waals surface area contributed by atoms with Gasteiger partial charge in [0.05, 0.1) is 22.2 Å². The highest BCUT2D eigenvalue weighted by Crippen LogP contribution is 2.25. The third-order valence-corrected chi connectivity index (χ3v) is 8.66. The number of amides is 1. The van der Waals surface area contributed by atoms with E-state index in [4.69, 9.17) is 4.74 Å². The Kier molecular flexibility index (Phi) is 7.20. The van der Waals surface area contributed by atoms with Crippen LogP contribution < -0.4 is 9.61 Å². The van der Waals surface area contributed by atoms with Gasteiger partial charge in [-0.05, 0) is 36.8 Å². The summed E-state index contributed by atoms with van der Waals surface area (Å²) in [6, 6.07) is 12.2. The maximum atomic E-state index is 13.2. The Morgan fingerprint density at radius 3 is 2.56 bits per heavy atom. The molecule has 1 saturated heterocycles. The lowest BCUT2D eigenvalue weighted by atomic mass is 10.2. The summed E-state index contributed by atoms with van der Waals surface area (Å²) >= 11 is 1.06. The number of thiazole rings is 1. The number of fused-ring (bicyclic) bond motifs is 1. The lowest BCUT2D eigenvalue weighted by molar-refractivity contribution is -0.127. The van der Waals surface area contributed by atoms with Crippen molar-refractivity contribution in [2.45, 2.75) is 24.8 Å². The maximum absolute atomic E-state index is 13.2. The summed E-state index contributed by atoms with van der Waals surface area (Å²) in [5.74, 6) is 0.501. The van der Waals surface area contributed by atoms with Crippen molar-refractivity contribution in [3.63, 3.8) is 0 Å². The van der Waals surface area contributed by atoms with Crippen molar-refractivity contribution in [3.8, 4) is 5.75 Å². The number of hydrogen-bond acceptors (Lipinski definition) is 6. The van der Waals surface area contributed by atoms with Gasteiger partial charge in [-0.3, -0.25) is 14.2 Å². The minimum absolute atomic E-state index is 0.0836. The van der Waals surface area contributed by atoms with Crippen LogP contribution >= 0.6 is 11.3 Å². The molecule has 1 aliphatic rings. The number of piperazine rings is 1. The Morgan fingerprint density at radius 1 is 1.12 bits per heavy atom. The summed E-state index contributed by atoms with van der Waals surface area (Å²) in [7, 11) is -2.15. The van der Waals surface area contributed by atoms with E-state index in [2.05, 4.69) is 0 Å². The van der Waals surface area contributed by atoms with Crippen molar-refractivity contribution in [1.82, 2.24) is 13.8 Å². The molecule has 0 aliphatic carbocycles. The molecule has 4 rings (SSSR count). The fourth-order valence-electron chi connectivity index (χ4n) is 4.01. The summed E-state index contributed by atoms with van der Waals surface area (Å²) < 4.78 is 35.5. The molecule has 1 aromatic heterocycles. The fraction of sp³-hybridized carbons (Fsp3) is 0.333. The topological polar surface area (TPSA) is 88.9 Å². The fourth-order valence-corrected chi connectivity index (χ4v) is 6.49. The third kappa shape index (κ3) is 4.79. The van der Waals surface area contributed by atoms with Crippen molar-refractivity contribution in [2.24, 2.45) is 0 Å². The number of hydrogen-bond donors (Lipinski definition) is 0. The van der Waals surface area contributed by atoms with Gasteiger partial charge in [0.1, 0.15) is 5.75 Å². The van der Waals surface area contributed by atoms with Crippen molar-refractivity contribution < 1.29 is 17.9 Å². The predicted molar refractivity (Wildman–Crippen MR) is 134 cm³/mol. The Balaban J connectivity index is 1.44. The largest absolute Gasteiger partial charge is 0.496 e. The molecular weight excluding hydrogens is 474 g/mol. The van der Waals surface area contributed by atoms with Crippen LogP contribution in [0.2, 0.25) is 0 Å². The summed E-state index contributed by atoms with van der Waals surface area (Å²) in [5, 5.41) is 0. The third-order valence-electron chi connectivity index (χ3n) is 5.82. The van der Waals surface area contributed by atoms with E-state index in [9.17, 15) is 18.0 Å². The van der Waals surface area contributed by atoms with Gasteiger partial charge < -0.3 is 9.64 Å². The van der Waals surface area contributed by atoms with Crippen LogP contribution in [0.25, 0.3) is 16.3 Å². The maximum Gasteiger partial charge on any atom is 0.308 e. The number of carbonyl (C=O) groups is 1. The number of rotatable bonds is 7. The van der Waals surface area contributed by atoms with E-state index in [0.29, 0.717) is 30.1 Å². The zero-order valence-corrected chi connectivity index (χ0v) is 20.8. The molecule has 180 valence electrons. The first-order valence-corrected chi connectivity index (χ1v) is 13.3. The smallest absolute Gasteiger partial charge is 0.308 e. The molecule has 0 radical (unpaired) electrons. The lowest BCUT2D eigenvalue weighted by Crippen LogP contribution is -2.50. The second-order valence-electron chi connectivity index (χ2n) is 7.95. The monoisotopic (exact) mass is 501 g/mol. The van der Waals surface area contributed by atoms with Gasteiger partial charge in [0.25, 0.3) is 0 Å². The molecule has 2 heterocycles. The molecule has 0 spiro atoms. The molecule has 34 heavy (non-hydrogen) atoms. The Hall–Kier alpha value is -2.95. The number of benzene rings is 2. The van der Waals surface area contributed by atoms with E-state index >= 15 is 0 Å². The van der Waals surface area contributed by atoms with Crippen LogP contribution in [0.5, 0.6) is 5.75 Å². The first-order chi connectivity index (χ1) is 16.3. The highest BCUT2D eigenvalue weighted by atomic mass is 32.2. The molecule has 1 fully saturated rings. The molecule has 0 N–H and O–H groups in total. The van der Waals surface area contributed by atoms with E-state index in [1.807, 2.05) is 31.2 Å². The first-order valence-electron chi connectivity index (χ1n) is 11.1.